The molecule has 244 valence electrons. The van der Waals surface area contributed by atoms with Crippen LogP contribution in [0.4, 0.5) is 22.7 Å². The van der Waals surface area contributed by atoms with E-state index >= 15 is 0 Å². The Bertz CT molecular complexity index is 1520. The van der Waals surface area contributed by atoms with Gasteiger partial charge >= 0.3 is 0 Å². The predicted molar refractivity (Wildman–Crippen MR) is 193 cm³/mol. The molecule has 0 aliphatic heterocycles. The van der Waals surface area contributed by atoms with Gasteiger partial charge in [-0.3, -0.25) is 9.98 Å². The van der Waals surface area contributed by atoms with E-state index in [0.717, 1.165) is 37.6 Å². The lowest BCUT2D eigenvalue weighted by molar-refractivity contribution is 0.282. The van der Waals surface area contributed by atoms with Gasteiger partial charge in [0.05, 0.1) is 24.6 Å². The number of aliphatic hydroxyl groups is 2. The standard InChI is InChI=1S/2C18H21ClN2O2/c2*1-3-21(4-2)16-7-5-13(18(23)10-16)11-20-17-8-6-15(19)9-14(17)12-22/h2*5-11,22-23H,3-4,12H2,1-2H3. The molecular weight excluding hydrogens is 623 g/mol. The van der Waals surface area contributed by atoms with Gasteiger partial charge in [-0.2, -0.15) is 0 Å². The maximum Gasteiger partial charge on any atom is 0.126 e. The van der Waals surface area contributed by atoms with Crippen LogP contribution in [-0.2, 0) is 13.2 Å². The first-order valence-electron chi connectivity index (χ1n) is 15.2. The molecule has 0 aliphatic carbocycles. The predicted octanol–water partition coefficient (Wildman–Crippen LogP) is 8.27. The molecule has 0 saturated carbocycles. The maximum absolute atomic E-state index is 10.2. The Balaban J connectivity index is 0.000000250. The van der Waals surface area contributed by atoms with Crippen molar-refractivity contribution in [1.82, 2.24) is 0 Å². The summed E-state index contributed by atoms with van der Waals surface area (Å²) in [5.74, 6) is 0.357. The summed E-state index contributed by atoms with van der Waals surface area (Å²) in [5.41, 5.74) is 5.76. The Labute approximate surface area is 281 Å². The first kappa shape index (κ1) is 36.4. The number of rotatable bonds is 12. The van der Waals surface area contributed by atoms with Crippen LogP contribution in [0.5, 0.6) is 11.5 Å². The van der Waals surface area contributed by atoms with Gasteiger partial charge in [0.25, 0.3) is 0 Å². The normalized spacial score (nSPS) is 11.1. The minimum absolute atomic E-state index is 0.139. The number of nitrogens with zero attached hydrogens (tertiary/aromatic N) is 4. The van der Waals surface area contributed by atoms with Gasteiger partial charge in [0.2, 0.25) is 0 Å². The third-order valence-electron chi connectivity index (χ3n) is 7.39. The van der Waals surface area contributed by atoms with Crippen LogP contribution in [0.15, 0.2) is 82.8 Å². The highest BCUT2D eigenvalue weighted by Crippen LogP contribution is 2.28. The van der Waals surface area contributed by atoms with E-state index in [2.05, 4.69) is 47.5 Å². The minimum Gasteiger partial charge on any atom is -0.507 e. The first-order valence-corrected chi connectivity index (χ1v) is 16.0. The molecule has 46 heavy (non-hydrogen) atoms. The average molecular weight is 666 g/mol. The van der Waals surface area contributed by atoms with Crippen LogP contribution in [0.1, 0.15) is 49.9 Å². The number of phenolic OH excluding ortho intramolecular Hbond substituents is 2. The molecular formula is C36H42Cl2N4O4. The van der Waals surface area contributed by atoms with E-state index in [-0.39, 0.29) is 24.7 Å². The van der Waals surface area contributed by atoms with Gasteiger partial charge in [-0.1, -0.05) is 23.2 Å². The van der Waals surface area contributed by atoms with Gasteiger partial charge in [0.15, 0.2) is 0 Å². The number of hydrogen-bond acceptors (Lipinski definition) is 8. The second kappa shape index (κ2) is 18.2. The Morgan fingerprint density at radius 2 is 0.935 bits per heavy atom. The van der Waals surface area contributed by atoms with Crippen molar-refractivity contribution >= 4 is 58.4 Å². The van der Waals surface area contributed by atoms with Crippen molar-refractivity contribution in [3.05, 3.63) is 105 Å². The summed E-state index contributed by atoms with van der Waals surface area (Å²) in [6.45, 7) is 11.6. The van der Waals surface area contributed by atoms with Crippen molar-refractivity contribution in [3.8, 4) is 11.5 Å². The van der Waals surface area contributed by atoms with Crippen molar-refractivity contribution in [2.24, 2.45) is 9.98 Å². The highest BCUT2D eigenvalue weighted by atomic mass is 35.5. The monoisotopic (exact) mass is 664 g/mol. The number of hydrogen-bond donors (Lipinski definition) is 4. The number of halogens is 2. The maximum atomic E-state index is 10.2. The molecule has 4 aromatic rings. The Hall–Kier alpha value is -4.08. The number of phenols is 2. The third-order valence-corrected chi connectivity index (χ3v) is 7.86. The van der Waals surface area contributed by atoms with Crippen molar-refractivity contribution in [1.29, 1.82) is 0 Å². The summed E-state index contributed by atoms with van der Waals surface area (Å²) >= 11 is 11.8. The number of aromatic hydroxyl groups is 2. The van der Waals surface area contributed by atoms with Gasteiger partial charge in [-0.15, -0.1) is 0 Å². The van der Waals surface area contributed by atoms with Gasteiger partial charge in [-0.25, -0.2) is 0 Å². The van der Waals surface area contributed by atoms with Crippen LogP contribution in [0, 0.1) is 0 Å². The number of benzene rings is 4. The average Bonchev–Trinajstić information content (AvgIpc) is 3.06. The molecule has 8 nitrogen and oxygen atoms in total. The molecule has 0 saturated heterocycles. The van der Waals surface area contributed by atoms with Crippen LogP contribution < -0.4 is 9.80 Å². The van der Waals surface area contributed by atoms with E-state index in [1.165, 1.54) is 0 Å². The fourth-order valence-electron chi connectivity index (χ4n) is 4.74. The Morgan fingerprint density at radius 1 is 0.565 bits per heavy atom. The lowest BCUT2D eigenvalue weighted by Gasteiger charge is -2.21. The van der Waals surface area contributed by atoms with Crippen molar-refractivity contribution < 1.29 is 20.4 Å². The van der Waals surface area contributed by atoms with Gasteiger partial charge in [0.1, 0.15) is 11.5 Å². The number of aliphatic imine (C=N–C) groups is 2. The topological polar surface area (TPSA) is 112 Å². The smallest absolute Gasteiger partial charge is 0.126 e. The lowest BCUT2D eigenvalue weighted by Crippen LogP contribution is -2.21. The first-order chi connectivity index (χ1) is 22.2. The van der Waals surface area contributed by atoms with Gasteiger partial charge < -0.3 is 30.2 Å². The summed E-state index contributed by atoms with van der Waals surface area (Å²) in [6, 6.07) is 21.3. The Morgan fingerprint density at radius 3 is 1.24 bits per heavy atom. The van der Waals surface area contributed by atoms with Crippen molar-refractivity contribution in [2.45, 2.75) is 40.9 Å². The highest BCUT2D eigenvalue weighted by Gasteiger charge is 2.08. The van der Waals surface area contributed by atoms with E-state index in [1.807, 2.05) is 24.3 Å². The molecule has 4 aromatic carbocycles. The van der Waals surface area contributed by atoms with Crippen LogP contribution >= 0.6 is 23.2 Å². The summed E-state index contributed by atoms with van der Waals surface area (Å²) in [4.78, 5) is 13.0. The van der Waals surface area contributed by atoms with Crippen LogP contribution in [-0.4, -0.2) is 59.0 Å². The highest BCUT2D eigenvalue weighted by molar-refractivity contribution is 6.31. The summed E-state index contributed by atoms with van der Waals surface area (Å²) < 4.78 is 0. The number of aliphatic hydroxyl groups excluding tert-OH is 2. The zero-order chi connectivity index (χ0) is 33.6. The fourth-order valence-corrected chi connectivity index (χ4v) is 5.13. The molecule has 0 fully saturated rings. The second-order valence-electron chi connectivity index (χ2n) is 10.2. The largest absolute Gasteiger partial charge is 0.507 e. The molecule has 4 rings (SSSR count). The summed E-state index contributed by atoms with van der Waals surface area (Å²) in [5, 5.41) is 40.2. The SMILES string of the molecule is CCN(CC)c1ccc(C=Nc2ccc(Cl)cc2CO)c(O)c1.CCN(CC)c1ccc(C=Nc2ccc(Cl)cc2CO)c(O)c1. The second-order valence-corrected chi connectivity index (χ2v) is 11.1. The van der Waals surface area contributed by atoms with Crippen LogP contribution in [0.2, 0.25) is 10.0 Å². The molecule has 0 heterocycles. The molecule has 0 radical (unpaired) electrons. The molecule has 10 heteroatoms. The fraction of sp³-hybridized carbons (Fsp3) is 0.278. The van der Waals surface area contributed by atoms with E-state index in [4.69, 9.17) is 23.2 Å². The zero-order valence-corrected chi connectivity index (χ0v) is 28.2. The van der Waals surface area contributed by atoms with E-state index in [9.17, 15) is 20.4 Å². The lowest BCUT2D eigenvalue weighted by atomic mass is 10.1. The van der Waals surface area contributed by atoms with Crippen LogP contribution in [0.25, 0.3) is 0 Å². The van der Waals surface area contributed by atoms with Gasteiger partial charge in [0, 0.05) is 94.4 Å². The van der Waals surface area contributed by atoms with E-state index in [0.29, 0.717) is 43.7 Å². The summed E-state index contributed by atoms with van der Waals surface area (Å²) in [6.07, 6.45) is 3.17. The van der Waals surface area contributed by atoms with Crippen molar-refractivity contribution in [2.75, 3.05) is 36.0 Å². The molecule has 0 spiro atoms. The van der Waals surface area contributed by atoms with E-state index in [1.54, 1.807) is 61.0 Å². The third kappa shape index (κ3) is 9.96. The van der Waals surface area contributed by atoms with Crippen LogP contribution in [0.3, 0.4) is 0 Å². The van der Waals surface area contributed by atoms with Gasteiger partial charge in [-0.05, 0) is 88.4 Å². The quantitative estimate of drug-likeness (QED) is 0.113. The van der Waals surface area contributed by atoms with E-state index < -0.39 is 0 Å². The number of anilines is 2. The molecule has 4 N–H and O–H groups in total. The van der Waals surface area contributed by atoms with Crippen molar-refractivity contribution in [3.63, 3.8) is 0 Å². The molecule has 0 atom stereocenters. The Kier molecular flexibility index (Phi) is 14.4. The summed E-state index contributed by atoms with van der Waals surface area (Å²) in [7, 11) is 0. The molecule has 0 bridgehead atoms. The molecule has 0 aromatic heterocycles. The molecule has 0 aliphatic rings. The minimum atomic E-state index is -0.139. The molecule has 0 unspecified atom stereocenters. The zero-order valence-electron chi connectivity index (χ0n) is 26.7. The molecule has 0 amide bonds.